The maximum Gasteiger partial charge on any atom is 0.0878 e. The van der Waals surface area contributed by atoms with Crippen LogP contribution in [0.25, 0.3) is 0 Å². The minimum Gasteiger partial charge on any atom is -0.272 e. The van der Waals surface area contributed by atoms with Crippen LogP contribution in [0.15, 0.2) is 18.2 Å². The van der Waals surface area contributed by atoms with Crippen LogP contribution in [0.2, 0.25) is 0 Å². The first-order valence-corrected chi connectivity index (χ1v) is 6.48. The van der Waals surface area contributed by atoms with E-state index >= 15 is 0 Å². The fourth-order valence-corrected chi connectivity index (χ4v) is 2.17. The smallest absolute Gasteiger partial charge is 0.0878 e. The highest BCUT2D eigenvalue weighted by molar-refractivity contribution is 5.56. The van der Waals surface area contributed by atoms with Crippen molar-refractivity contribution in [3.05, 3.63) is 29.3 Å². The molecule has 98 valence electrons. The Hall–Kier alpha value is -1.53. The summed E-state index contributed by atoms with van der Waals surface area (Å²) in [5.41, 5.74) is 3.71. The topological polar surface area (TPSA) is 36.3 Å². The standard InChI is InChI=1S/C15H22N2O/c1-5-17(18-11-7-10-16)14-9-6-8-13(4)15(14)12(2)3/h6,8-9,12H,5,7,11H2,1-4H3. The highest BCUT2D eigenvalue weighted by Gasteiger charge is 2.14. The molecular formula is C15H22N2O. The summed E-state index contributed by atoms with van der Waals surface area (Å²) < 4.78 is 0. The lowest BCUT2D eigenvalue weighted by Crippen LogP contribution is -2.25. The van der Waals surface area contributed by atoms with E-state index in [9.17, 15) is 0 Å². The first kappa shape index (κ1) is 14.5. The molecule has 0 aliphatic carbocycles. The van der Waals surface area contributed by atoms with Crippen molar-refractivity contribution in [1.82, 2.24) is 0 Å². The lowest BCUT2D eigenvalue weighted by atomic mass is 9.96. The largest absolute Gasteiger partial charge is 0.272 e. The summed E-state index contributed by atoms with van der Waals surface area (Å²) in [6, 6.07) is 8.35. The Morgan fingerprint density at radius 1 is 1.39 bits per heavy atom. The molecule has 1 rings (SSSR count). The summed E-state index contributed by atoms with van der Waals surface area (Å²) in [5.74, 6) is 0.454. The molecule has 1 aromatic carbocycles. The minimum absolute atomic E-state index is 0.416. The molecule has 0 saturated carbocycles. The molecule has 0 radical (unpaired) electrons. The van der Waals surface area contributed by atoms with Crippen molar-refractivity contribution < 1.29 is 4.84 Å². The van der Waals surface area contributed by atoms with Gasteiger partial charge in [-0.05, 0) is 37.0 Å². The maximum absolute atomic E-state index is 8.56. The van der Waals surface area contributed by atoms with Crippen LogP contribution >= 0.6 is 0 Å². The second-order valence-corrected chi connectivity index (χ2v) is 4.60. The molecule has 0 atom stereocenters. The average molecular weight is 246 g/mol. The number of aryl methyl sites for hydroxylation is 1. The van der Waals surface area contributed by atoms with Crippen LogP contribution < -0.4 is 5.06 Å². The fourth-order valence-electron chi connectivity index (χ4n) is 2.17. The first-order valence-electron chi connectivity index (χ1n) is 6.48. The lowest BCUT2D eigenvalue weighted by molar-refractivity contribution is 0.115. The van der Waals surface area contributed by atoms with Gasteiger partial charge in [-0.2, -0.15) is 5.26 Å². The SMILES string of the molecule is CCN(OCCC#N)c1cccc(C)c1C(C)C. The van der Waals surface area contributed by atoms with E-state index in [1.165, 1.54) is 11.1 Å². The lowest BCUT2D eigenvalue weighted by Gasteiger charge is -2.27. The molecule has 0 saturated heterocycles. The van der Waals surface area contributed by atoms with E-state index in [2.05, 4.69) is 45.9 Å². The zero-order chi connectivity index (χ0) is 13.5. The van der Waals surface area contributed by atoms with Gasteiger partial charge in [-0.15, -0.1) is 0 Å². The van der Waals surface area contributed by atoms with Crippen molar-refractivity contribution >= 4 is 5.69 Å². The number of rotatable bonds is 6. The maximum atomic E-state index is 8.56. The Kier molecular flexibility index (Phi) is 5.67. The monoisotopic (exact) mass is 246 g/mol. The molecule has 0 heterocycles. The van der Waals surface area contributed by atoms with Crippen LogP contribution in [0.1, 0.15) is 44.2 Å². The van der Waals surface area contributed by atoms with Gasteiger partial charge in [0.2, 0.25) is 0 Å². The van der Waals surface area contributed by atoms with Crippen molar-refractivity contribution in [2.45, 2.75) is 40.0 Å². The van der Waals surface area contributed by atoms with Gasteiger partial charge < -0.3 is 0 Å². The summed E-state index contributed by atoms with van der Waals surface area (Å²) >= 11 is 0. The van der Waals surface area contributed by atoms with Crippen LogP contribution in [0.4, 0.5) is 5.69 Å². The zero-order valence-electron chi connectivity index (χ0n) is 11.7. The summed E-state index contributed by atoms with van der Waals surface area (Å²) in [4.78, 5) is 5.67. The summed E-state index contributed by atoms with van der Waals surface area (Å²) in [6.07, 6.45) is 0.416. The molecule has 0 fully saturated rings. The van der Waals surface area contributed by atoms with E-state index in [1.807, 2.05) is 11.1 Å². The average Bonchev–Trinajstić information content (AvgIpc) is 2.34. The van der Waals surface area contributed by atoms with Crippen LogP contribution in [0, 0.1) is 18.3 Å². The van der Waals surface area contributed by atoms with Gasteiger partial charge in [-0.25, -0.2) is 0 Å². The number of hydrogen-bond donors (Lipinski definition) is 0. The molecule has 0 N–H and O–H groups in total. The predicted molar refractivity (Wildman–Crippen MR) is 74.5 cm³/mol. The van der Waals surface area contributed by atoms with E-state index < -0.39 is 0 Å². The number of hydrogen-bond acceptors (Lipinski definition) is 3. The molecule has 18 heavy (non-hydrogen) atoms. The Bertz CT molecular complexity index is 421. The molecule has 3 heteroatoms. The molecule has 0 bridgehead atoms. The summed E-state index contributed by atoms with van der Waals surface area (Å²) in [5, 5.41) is 10.4. The molecule has 0 unspecified atom stereocenters. The second-order valence-electron chi connectivity index (χ2n) is 4.60. The Morgan fingerprint density at radius 2 is 2.11 bits per heavy atom. The highest BCUT2D eigenvalue weighted by Crippen LogP contribution is 2.30. The number of nitrogens with zero attached hydrogens (tertiary/aromatic N) is 2. The van der Waals surface area contributed by atoms with Gasteiger partial charge in [-0.3, -0.25) is 9.90 Å². The summed E-state index contributed by atoms with van der Waals surface area (Å²) in [7, 11) is 0. The highest BCUT2D eigenvalue weighted by atomic mass is 16.7. The molecule has 0 aliphatic rings. The van der Waals surface area contributed by atoms with Gasteiger partial charge >= 0.3 is 0 Å². The normalized spacial score (nSPS) is 10.4. The van der Waals surface area contributed by atoms with Crippen molar-refractivity contribution in [3.63, 3.8) is 0 Å². The number of benzene rings is 1. The van der Waals surface area contributed by atoms with Crippen LogP contribution in [-0.4, -0.2) is 13.2 Å². The van der Waals surface area contributed by atoms with Crippen molar-refractivity contribution in [2.75, 3.05) is 18.2 Å². The Labute approximate surface area is 110 Å². The zero-order valence-corrected chi connectivity index (χ0v) is 11.7. The third kappa shape index (κ3) is 3.48. The fraction of sp³-hybridized carbons (Fsp3) is 0.533. The first-order chi connectivity index (χ1) is 8.61. The molecule has 0 amide bonds. The van der Waals surface area contributed by atoms with Crippen LogP contribution in [-0.2, 0) is 4.84 Å². The van der Waals surface area contributed by atoms with Crippen LogP contribution in [0.3, 0.4) is 0 Å². The molecule has 3 nitrogen and oxygen atoms in total. The van der Waals surface area contributed by atoms with Gasteiger partial charge in [0, 0.05) is 6.54 Å². The van der Waals surface area contributed by atoms with Crippen molar-refractivity contribution in [2.24, 2.45) is 0 Å². The van der Waals surface area contributed by atoms with Gasteiger partial charge in [0.15, 0.2) is 0 Å². The number of hydroxylamine groups is 1. The quantitative estimate of drug-likeness (QED) is 0.566. The van der Waals surface area contributed by atoms with Crippen molar-refractivity contribution in [3.8, 4) is 6.07 Å². The van der Waals surface area contributed by atoms with E-state index in [0.29, 0.717) is 18.9 Å². The van der Waals surface area contributed by atoms with Crippen molar-refractivity contribution in [1.29, 1.82) is 5.26 Å². The van der Waals surface area contributed by atoms with E-state index in [-0.39, 0.29) is 0 Å². The van der Waals surface area contributed by atoms with Gasteiger partial charge in [0.05, 0.1) is 24.8 Å². The third-order valence-electron chi connectivity index (χ3n) is 2.90. The number of nitriles is 1. The van der Waals surface area contributed by atoms with Gasteiger partial charge in [-0.1, -0.05) is 26.0 Å². The predicted octanol–water partition coefficient (Wildman–Crippen LogP) is 3.79. The third-order valence-corrected chi connectivity index (χ3v) is 2.90. The summed E-state index contributed by atoms with van der Waals surface area (Å²) in [6.45, 7) is 9.77. The Balaban J connectivity index is 2.98. The van der Waals surface area contributed by atoms with E-state index in [0.717, 1.165) is 12.2 Å². The van der Waals surface area contributed by atoms with Crippen LogP contribution in [0.5, 0.6) is 0 Å². The molecule has 0 aromatic heterocycles. The minimum atomic E-state index is 0.416. The molecule has 0 spiro atoms. The Morgan fingerprint density at radius 3 is 2.67 bits per heavy atom. The van der Waals surface area contributed by atoms with E-state index in [1.54, 1.807) is 0 Å². The molecule has 1 aromatic rings. The molecule has 0 aliphatic heterocycles. The molecular weight excluding hydrogens is 224 g/mol. The van der Waals surface area contributed by atoms with E-state index in [4.69, 9.17) is 10.1 Å². The second kappa shape index (κ2) is 7.03. The number of anilines is 1. The van der Waals surface area contributed by atoms with Gasteiger partial charge in [0.25, 0.3) is 0 Å². The van der Waals surface area contributed by atoms with Gasteiger partial charge in [0.1, 0.15) is 0 Å².